The molecule has 1 aromatic carbocycles. The Kier molecular flexibility index (Phi) is 9.50. The topological polar surface area (TPSA) is 109 Å². The van der Waals surface area contributed by atoms with E-state index in [0.717, 1.165) is 25.0 Å². The summed E-state index contributed by atoms with van der Waals surface area (Å²) in [5.74, 6) is -0.575. The monoisotopic (exact) mass is 472 g/mol. The molecule has 2 heterocycles. The van der Waals surface area contributed by atoms with Gasteiger partial charge in [0, 0.05) is 42.8 Å². The highest BCUT2D eigenvalue weighted by Gasteiger charge is 2.24. The molecule has 0 aliphatic carbocycles. The first kappa shape index (κ1) is 24.5. The Hall–Kier alpha value is -3.13. The van der Waals surface area contributed by atoms with E-state index < -0.39 is 11.9 Å². The van der Waals surface area contributed by atoms with E-state index in [0.29, 0.717) is 36.9 Å². The first-order valence-electron chi connectivity index (χ1n) is 11.2. The molecule has 3 amide bonds. The van der Waals surface area contributed by atoms with E-state index in [4.69, 9.17) is 16.3 Å². The minimum Gasteiger partial charge on any atom is -0.493 e. The van der Waals surface area contributed by atoms with Gasteiger partial charge in [-0.2, -0.15) is 0 Å². The number of nitrogens with one attached hydrogen (secondary N) is 3. The highest BCUT2D eigenvalue weighted by Crippen LogP contribution is 2.23. The number of carbonyl (C=O) groups excluding carboxylic acids is 3. The Morgan fingerprint density at radius 1 is 1.18 bits per heavy atom. The van der Waals surface area contributed by atoms with Crippen molar-refractivity contribution in [1.29, 1.82) is 0 Å². The summed E-state index contributed by atoms with van der Waals surface area (Å²) < 4.78 is 5.81. The first-order chi connectivity index (χ1) is 16.0. The third-order valence-electron chi connectivity index (χ3n) is 5.28. The lowest BCUT2D eigenvalue weighted by Crippen LogP contribution is -2.47. The quantitative estimate of drug-likeness (QED) is 0.633. The smallest absolute Gasteiger partial charge is 0.255 e. The maximum Gasteiger partial charge on any atom is 0.255 e. The van der Waals surface area contributed by atoms with Crippen molar-refractivity contribution in [3.8, 4) is 5.75 Å². The normalized spacial score (nSPS) is 17.9. The van der Waals surface area contributed by atoms with Gasteiger partial charge >= 0.3 is 0 Å². The number of aromatic nitrogens is 1. The fraction of sp³-hybridized carbons (Fsp3) is 0.417. The van der Waals surface area contributed by atoms with Gasteiger partial charge in [-0.15, -0.1) is 0 Å². The summed E-state index contributed by atoms with van der Waals surface area (Å²) in [6.45, 7) is 1.37. The SMILES string of the molecule is O=C1CC[C@@H](C(=O)NCCc2ccccn2)NC(=O)c2cc(Cl)ccc2OCCCCCN1. The number of pyridine rings is 1. The molecule has 1 aromatic heterocycles. The van der Waals surface area contributed by atoms with Crippen LogP contribution in [0.5, 0.6) is 5.75 Å². The van der Waals surface area contributed by atoms with Gasteiger partial charge < -0.3 is 20.7 Å². The second-order valence-corrected chi connectivity index (χ2v) is 8.26. The Bertz CT molecular complexity index is 955. The maximum absolute atomic E-state index is 13.0. The molecule has 0 bridgehead atoms. The first-order valence-corrected chi connectivity index (χ1v) is 11.6. The number of rotatable bonds is 4. The molecule has 2 aromatic rings. The summed E-state index contributed by atoms with van der Waals surface area (Å²) >= 11 is 6.11. The van der Waals surface area contributed by atoms with Crippen LogP contribution in [0.25, 0.3) is 0 Å². The van der Waals surface area contributed by atoms with Gasteiger partial charge in [0.25, 0.3) is 5.91 Å². The molecule has 9 heteroatoms. The Morgan fingerprint density at radius 2 is 2.06 bits per heavy atom. The lowest BCUT2D eigenvalue weighted by atomic mass is 10.1. The Balaban J connectivity index is 1.72. The predicted octanol–water partition coefficient (Wildman–Crippen LogP) is 2.65. The summed E-state index contributed by atoms with van der Waals surface area (Å²) in [5.41, 5.74) is 1.11. The third kappa shape index (κ3) is 8.05. The molecule has 0 spiro atoms. The second-order valence-electron chi connectivity index (χ2n) is 7.83. The van der Waals surface area contributed by atoms with Gasteiger partial charge in [-0.1, -0.05) is 17.7 Å². The van der Waals surface area contributed by atoms with Gasteiger partial charge in [-0.3, -0.25) is 19.4 Å². The van der Waals surface area contributed by atoms with E-state index in [9.17, 15) is 14.4 Å². The van der Waals surface area contributed by atoms with Crippen molar-refractivity contribution in [2.24, 2.45) is 0 Å². The van der Waals surface area contributed by atoms with E-state index in [1.54, 1.807) is 18.3 Å². The van der Waals surface area contributed by atoms with Crippen molar-refractivity contribution in [1.82, 2.24) is 20.9 Å². The molecule has 1 atom stereocenters. The van der Waals surface area contributed by atoms with Gasteiger partial charge in [-0.25, -0.2) is 0 Å². The van der Waals surface area contributed by atoms with Crippen molar-refractivity contribution in [3.63, 3.8) is 0 Å². The number of hydrogen-bond donors (Lipinski definition) is 3. The fourth-order valence-corrected chi connectivity index (χ4v) is 3.64. The third-order valence-corrected chi connectivity index (χ3v) is 5.51. The van der Waals surface area contributed by atoms with E-state index in [1.807, 2.05) is 18.2 Å². The van der Waals surface area contributed by atoms with Crippen LogP contribution in [0, 0.1) is 0 Å². The fourth-order valence-electron chi connectivity index (χ4n) is 3.47. The van der Waals surface area contributed by atoms with Crippen LogP contribution in [-0.4, -0.2) is 48.4 Å². The van der Waals surface area contributed by atoms with Crippen LogP contribution in [0.2, 0.25) is 5.02 Å². The van der Waals surface area contributed by atoms with Crippen molar-refractivity contribution in [2.75, 3.05) is 19.7 Å². The minimum atomic E-state index is -0.885. The van der Waals surface area contributed by atoms with E-state index >= 15 is 0 Å². The van der Waals surface area contributed by atoms with Gasteiger partial charge in [0.05, 0.1) is 12.2 Å². The molecule has 176 valence electrons. The van der Waals surface area contributed by atoms with Crippen molar-refractivity contribution in [2.45, 2.75) is 44.6 Å². The highest BCUT2D eigenvalue weighted by atomic mass is 35.5. The maximum atomic E-state index is 13.0. The average molecular weight is 473 g/mol. The molecular formula is C24H29ClN4O4. The molecule has 0 fully saturated rings. The van der Waals surface area contributed by atoms with Crippen molar-refractivity contribution >= 4 is 29.3 Å². The van der Waals surface area contributed by atoms with Gasteiger partial charge in [0.2, 0.25) is 11.8 Å². The Morgan fingerprint density at radius 3 is 2.88 bits per heavy atom. The zero-order valence-corrected chi connectivity index (χ0v) is 19.2. The number of fused-ring (bicyclic) bond motifs is 1. The van der Waals surface area contributed by atoms with E-state index in [1.165, 1.54) is 6.07 Å². The van der Waals surface area contributed by atoms with Crippen LogP contribution in [-0.2, 0) is 16.0 Å². The van der Waals surface area contributed by atoms with Crippen LogP contribution in [0.3, 0.4) is 0 Å². The summed E-state index contributed by atoms with van der Waals surface area (Å²) in [7, 11) is 0. The van der Waals surface area contributed by atoms with Crippen LogP contribution in [0.4, 0.5) is 0 Å². The molecule has 1 aliphatic rings. The Labute approximate surface area is 198 Å². The standard InChI is InChI=1S/C24H29ClN4O4/c25-17-7-9-21-19(16-17)23(31)29-20(8-10-22(30)27-13-3-1-5-15-33-21)24(32)28-14-11-18-6-2-4-12-26-18/h2,4,6-7,9,12,16,20H,1,3,5,8,10-11,13-15H2,(H,27,30)(H,28,32)(H,29,31)/t20-/m0/s1. The number of benzene rings is 1. The van der Waals surface area contributed by atoms with Gasteiger partial charge in [0.15, 0.2) is 0 Å². The molecule has 33 heavy (non-hydrogen) atoms. The number of nitrogens with zero attached hydrogens (tertiary/aromatic N) is 1. The van der Waals surface area contributed by atoms with Gasteiger partial charge in [0.1, 0.15) is 11.8 Å². The zero-order valence-electron chi connectivity index (χ0n) is 18.4. The molecule has 1 aliphatic heterocycles. The van der Waals surface area contributed by atoms with E-state index in [-0.39, 0.29) is 30.2 Å². The molecular weight excluding hydrogens is 444 g/mol. The summed E-state index contributed by atoms with van der Waals surface area (Å²) in [4.78, 5) is 42.4. The molecule has 0 saturated heterocycles. The molecule has 8 nitrogen and oxygen atoms in total. The molecule has 3 rings (SSSR count). The van der Waals surface area contributed by atoms with Crippen molar-refractivity contribution < 1.29 is 19.1 Å². The molecule has 0 radical (unpaired) electrons. The number of halogens is 1. The number of ether oxygens (including phenoxy) is 1. The summed E-state index contributed by atoms with van der Waals surface area (Å²) in [5, 5.41) is 8.84. The molecule has 0 saturated carbocycles. The average Bonchev–Trinajstić information content (AvgIpc) is 2.82. The lowest BCUT2D eigenvalue weighted by Gasteiger charge is -2.19. The van der Waals surface area contributed by atoms with Crippen LogP contribution in [0.15, 0.2) is 42.6 Å². The largest absolute Gasteiger partial charge is 0.493 e. The van der Waals surface area contributed by atoms with Crippen molar-refractivity contribution in [3.05, 3.63) is 58.9 Å². The van der Waals surface area contributed by atoms with Crippen LogP contribution >= 0.6 is 11.6 Å². The van der Waals surface area contributed by atoms with Crippen LogP contribution < -0.4 is 20.7 Å². The summed E-state index contributed by atoms with van der Waals surface area (Å²) in [6.07, 6.45) is 5.05. The molecule has 3 N–H and O–H groups in total. The lowest BCUT2D eigenvalue weighted by molar-refractivity contribution is -0.124. The minimum absolute atomic E-state index is 0.123. The van der Waals surface area contributed by atoms with Crippen LogP contribution in [0.1, 0.15) is 48.2 Å². The number of amides is 3. The second kappa shape index (κ2) is 12.8. The van der Waals surface area contributed by atoms with Gasteiger partial charge in [-0.05, 0) is 56.0 Å². The highest BCUT2D eigenvalue weighted by molar-refractivity contribution is 6.31. The number of hydrogen-bond acceptors (Lipinski definition) is 5. The number of carbonyl (C=O) groups is 3. The van der Waals surface area contributed by atoms with E-state index in [2.05, 4.69) is 20.9 Å². The predicted molar refractivity (Wildman–Crippen MR) is 125 cm³/mol. The molecule has 0 unspecified atom stereocenters. The summed E-state index contributed by atoms with van der Waals surface area (Å²) in [6, 6.07) is 9.54. The zero-order chi connectivity index (χ0) is 23.5.